The van der Waals surface area contributed by atoms with Crippen LogP contribution in [0.5, 0.6) is 5.75 Å². The van der Waals surface area contributed by atoms with Gasteiger partial charge in [0, 0.05) is 28.7 Å². The molecular formula is C13H12BrNO3S. The van der Waals surface area contributed by atoms with Gasteiger partial charge in [-0.05, 0) is 40.2 Å². The number of hydrogen-bond donors (Lipinski definition) is 0. The third-order valence-electron chi connectivity index (χ3n) is 2.40. The fraction of sp³-hybridized carbons (Fsp3) is 0.154. The molecule has 0 N–H and O–H groups in total. The normalized spacial score (nSPS) is 11.3. The number of nitrogens with zero attached hydrogens (tertiary/aromatic N) is 1. The number of ether oxygens (including phenoxy) is 1. The van der Waals surface area contributed by atoms with Gasteiger partial charge in [0.05, 0.1) is 4.90 Å². The summed E-state index contributed by atoms with van der Waals surface area (Å²) in [5.74, 6) is 0.517. The van der Waals surface area contributed by atoms with Crippen LogP contribution in [0.2, 0.25) is 0 Å². The Morgan fingerprint density at radius 2 is 2.05 bits per heavy atom. The van der Waals surface area contributed by atoms with E-state index in [4.69, 9.17) is 4.74 Å². The van der Waals surface area contributed by atoms with Crippen LogP contribution in [-0.4, -0.2) is 19.7 Å². The second kappa shape index (κ2) is 5.71. The molecule has 100 valence electrons. The summed E-state index contributed by atoms with van der Waals surface area (Å²) in [5, 5.41) is 0. The summed E-state index contributed by atoms with van der Waals surface area (Å²) < 4.78 is 29.3. The van der Waals surface area contributed by atoms with E-state index in [2.05, 4.69) is 20.9 Å². The number of rotatable bonds is 4. The van der Waals surface area contributed by atoms with Gasteiger partial charge in [-0.1, -0.05) is 6.07 Å². The summed E-state index contributed by atoms with van der Waals surface area (Å²) in [7, 11) is -3.21. The zero-order valence-electron chi connectivity index (χ0n) is 10.2. The van der Waals surface area contributed by atoms with Crippen LogP contribution in [-0.2, 0) is 16.4 Å². The van der Waals surface area contributed by atoms with Crippen LogP contribution in [0.3, 0.4) is 0 Å². The Labute approximate surface area is 120 Å². The predicted molar refractivity (Wildman–Crippen MR) is 75.8 cm³/mol. The highest BCUT2D eigenvalue weighted by Crippen LogP contribution is 2.19. The molecule has 2 aromatic rings. The van der Waals surface area contributed by atoms with Gasteiger partial charge in [0.1, 0.15) is 12.4 Å². The molecule has 0 amide bonds. The highest BCUT2D eigenvalue weighted by Gasteiger charge is 2.07. The first-order valence-corrected chi connectivity index (χ1v) is 8.16. The molecule has 0 aliphatic carbocycles. The van der Waals surface area contributed by atoms with Gasteiger partial charge in [-0.3, -0.25) is 4.98 Å². The zero-order valence-corrected chi connectivity index (χ0v) is 12.6. The predicted octanol–water partition coefficient (Wildman–Crippen LogP) is 2.83. The Morgan fingerprint density at radius 1 is 1.26 bits per heavy atom. The van der Waals surface area contributed by atoms with E-state index >= 15 is 0 Å². The molecule has 1 aromatic carbocycles. The van der Waals surface area contributed by atoms with E-state index < -0.39 is 9.84 Å². The lowest BCUT2D eigenvalue weighted by atomic mass is 10.3. The lowest BCUT2D eigenvalue weighted by Gasteiger charge is -2.07. The molecule has 0 aliphatic rings. The third kappa shape index (κ3) is 4.04. The Balaban J connectivity index is 2.12. The maximum absolute atomic E-state index is 11.4. The van der Waals surface area contributed by atoms with E-state index in [9.17, 15) is 8.42 Å². The fourth-order valence-corrected chi connectivity index (χ4v) is 2.56. The molecule has 4 nitrogen and oxygen atoms in total. The topological polar surface area (TPSA) is 56.3 Å². The first-order valence-electron chi connectivity index (χ1n) is 5.47. The average Bonchev–Trinajstić information content (AvgIpc) is 2.36. The average molecular weight is 342 g/mol. The number of benzene rings is 1. The molecule has 1 heterocycles. The van der Waals surface area contributed by atoms with Crippen LogP contribution in [0, 0.1) is 0 Å². The van der Waals surface area contributed by atoms with E-state index in [0.717, 1.165) is 10.0 Å². The van der Waals surface area contributed by atoms with Crippen LogP contribution in [0.1, 0.15) is 5.56 Å². The summed E-state index contributed by atoms with van der Waals surface area (Å²) >= 11 is 3.33. The highest BCUT2D eigenvalue weighted by atomic mass is 79.9. The van der Waals surface area contributed by atoms with Crippen molar-refractivity contribution in [3.8, 4) is 5.75 Å². The van der Waals surface area contributed by atoms with Gasteiger partial charge in [-0.15, -0.1) is 0 Å². The van der Waals surface area contributed by atoms with Gasteiger partial charge in [0.2, 0.25) is 0 Å². The summed E-state index contributed by atoms with van der Waals surface area (Å²) in [6, 6.07) is 8.34. The first kappa shape index (κ1) is 14.0. The van der Waals surface area contributed by atoms with E-state index in [1.165, 1.54) is 12.3 Å². The minimum absolute atomic E-state index is 0.248. The molecule has 1 aromatic heterocycles. The standard InChI is InChI=1S/C13H12BrNO3S/c1-19(16,17)13-4-2-3-12(6-13)18-9-10-5-11(14)8-15-7-10/h2-8H,9H2,1H3. The lowest BCUT2D eigenvalue weighted by Crippen LogP contribution is -1.99. The van der Waals surface area contributed by atoms with Crippen molar-refractivity contribution < 1.29 is 13.2 Å². The zero-order chi connectivity index (χ0) is 13.9. The Kier molecular flexibility index (Phi) is 4.21. The van der Waals surface area contributed by atoms with E-state index in [1.54, 1.807) is 30.6 Å². The number of halogens is 1. The summed E-state index contributed by atoms with van der Waals surface area (Å²) in [5.41, 5.74) is 0.902. The smallest absolute Gasteiger partial charge is 0.175 e. The molecule has 0 spiro atoms. The van der Waals surface area contributed by atoms with Crippen LogP contribution < -0.4 is 4.74 Å². The largest absolute Gasteiger partial charge is 0.489 e. The molecule has 0 aliphatic heterocycles. The lowest BCUT2D eigenvalue weighted by molar-refractivity contribution is 0.305. The second-order valence-electron chi connectivity index (χ2n) is 4.05. The number of pyridine rings is 1. The van der Waals surface area contributed by atoms with Crippen molar-refractivity contribution in [3.63, 3.8) is 0 Å². The molecule has 0 bridgehead atoms. The molecule has 0 fully saturated rings. The van der Waals surface area contributed by atoms with Gasteiger partial charge in [-0.2, -0.15) is 0 Å². The molecule has 0 saturated carbocycles. The van der Waals surface area contributed by atoms with Crippen molar-refractivity contribution in [2.45, 2.75) is 11.5 Å². The highest BCUT2D eigenvalue weighted by molar-refractivity contribution is 9.10. The van der Waals surface area contributed by atoms with Crippen LogP contribution in [0.15, 0.2) is 52.1 Å². The Hall–Kier alpha value is -1.40. The number of aromatic nitrogens is 1. The summed E-state index contributed by atoms with van der Waals surface area (Å²) in [6.07, 6.45) is 4.56. The second-order valence-corrected chi connectivity index (χ2v) is 6.98. The van der Waals surface area contributed by atoms with E-state index in [0.29, 0.717) is 12.4 Å². The SMILES string of the molecule is CS(=O)(=O)c1cccc(OCc2cncc(Br)c2)c1. The molecular weight excluding hydrogens is 330 g/mol. The number of hydrogen-bond acceptors (Lipinski definition) is 4. The molecule has 0 radical (unpaired) electrons. The van der Waals surface area contributed by atoms with Crippen molar-refractivity contribution >= 4 is 25.8 Å². The molecule has 0 saturated heterocycles. The summed E-state index contributed by atoms with van der Waals surface area (Å²) in [4.78, 5) is 4.28. The monoisotopic (exact) mass is 341 g/mol. The van der Waals surface area contributed by atoms with Crippen LogP contribution in [0.4, 0.5) is 0 Å². The molecule has 2 rings (SSSR count). The quantitative estimate of drug-likeness (QED) is 0.857. The van der Waals surface area contributed by atoms with Crippen molar-refractivity contribution in [1.82, 2.24) is 4.98 Å². The molecule has 0 atom stereocenters. The van der Waals surface area contributed by atoms with Gasteiger partial charge in [0.25, 0.3) is 0 Å². The molecule has 19 heavy (non-hydrogen) atoms. The first-order chi connectivity index (χ1) is 8.95. The number of sulfone groups is 1. The van der Waals surface area contributed by atoms with E-state index in [1.807, 2.05) is 6.07 Å². The van der Waals surface area contributed by atoms with Crippen molar-refractivity contribution in [2.75, 3.05) is 6.26 Å². The maximum Gasteiger partial charge on any atom is 0.175 e. The van der Waals surface area contributed by atoms with Crippen molar-refractivity contribution in [2.24, 2.45) is 0 Å². The fourth-order valence-electron chi connectivity index (χ4n) is 1.50. The van der Waals surface area contributed by atoms with Crippen LogP contribution in [0.25, 0.3) is 0 Å². The minimum Gasteiger partial charge on any atom is -0.489 e. The van der Waals surface area contributed by atoms with E-state index in [-0.39, 0.29) is 4.90 Å². The van der Waals surface area contributed by atoms with Gasteiger partial charge < -0.3 is 4.74 Å². The third-order valence-corrected chi connectivity index (χ3v) is 3.94. The van der Waals surface area contributed by atoms with Gasteiger partial charge in [-0.25, -0.2) is 8.42 Å². The molecule has 0 unspecified atom stereocenters. The Morgan fingerprint density at radius 3 is 2.74 bits per heavy atom. The van der Waals surface area contributed by atoms with Gasteiger partial charge >= 0.3 is 0 Å². The van der Waals surface area contributed by atoms with Gasteiger partial charge in [0.15, 0.2) is 9.84 Å². The van der Waals surface area contributed by atoms with Crippen molar-refractivity contribution in [3.05, 3.63) is 52.8 Å². The molecule has 6 heteroatoms. The summed E-state index contributed by atoms with van der Waals surface area (Å²) in [6.45, 7) is 0.333. The minimum atomic E-state index is -3.21. The maximum atomic E-state index is 11.4. The van der Waals surface area contributed by atoms with Crippen LogP contribution >= 0.6 is 15.9 Å². The van der Waals surface area contributed by atoms with Crippen molar-refractivity contribution in [1.29, 1.82) is 0 Å². The Bertz CT molecular complexity index is 686.